The highest BCUT2D eigenvalue weighted by molar-refractivity contribution is 6.30. The zero-order valence-corrected chi connectivity index (χ0v) is 11.4. The van der Waals surface area contributed by atoms with Crippen molar-refractivity contribution in [3.05, 3.63) is 52.8 Å². The molecule has 0 N–H and O–H groups in total. The molecular weight excluding hydrogens is 269 g/mol. The largest absolute Gasteiger partial charge is 0.337 e. The smallest absolute Gasteiger partial charge is 0.257 e. The quantitative estimate of drug-likeness (QED) is 0.867. The van der Waals surface area contributed by atoms with Gasteiger partial charge in [-0.05, 0) is 18.2 Å². The first-order valence-corrected chi connectivity index (χ1v) is 6.03. The SMILES string of the molecule is CN(Cc1nccn1C)C(=O)c1cc(Cl)ccc1F. The van der Waals surface area contributed by atoms with Gasteiger partial charge in [-0.15, -0.1) is 0 Å². The monoisotopic (exact) mass is 281 g/mol. The number of hydrogen-bond donors (Lipinski definition) is 0. The highest BCUT2D eigenvalue weighted by Crippen LogP contribution is 2.17. The topological polar surface area (TPSA) is 38.1 Å². The third kappa shape index (κ3) is 2.93. The van der Waals surface area contributed by atoms with Crippen LogP contribution in [0.4, 0.5) is 4.39 Å². The van der Waals surface area contributed by atoms with Gasteiger partial charge in [-0.2, -0.15) is 0 Å². The average Bonchev–Trinajstić information content (AvgIpc) is 2.77. The van der Waals surface area contributed by atoms with Crippen molar-refractivity contribution in [2.24, 2.45) is 7.05 Å². The van der Waals surface area contributed by atoms with Crippen LogP contribution < -0.4 is 0 Å². The second kappa shape index (κ2) is 5.40. The number of nitrogens with zero attached hydrogens (tertiary/aromatic N) is 3. The fourth-order valence-electron chi connectivity index (χ4n) is 1.70. The minimum atomic E-state index is -0.582. The fraction of sp³-hybridized carbons (Fsp3) is 0.231. The van der Waals surface area contributed by atoms with Gasteiger partial charge in [0.1, 0.15) is 11.6 Å². The van der Waals surface area contributed by atoms with Gasteiger partial charge in [0.2, 0.25) is 0 Å². The van der Waals surface area contributed by atoms with Crippen molar-refractivity contribution in [1.29, 1.82) is 0 Å². The number of aryl methyl sites for hydroxylation is 1. The van der Waals surface area contributed by atoms with Gasteiger partial charge in [0, 0.05) is 31.5 Å². The van der Waals surface area contributed by atoms with Crippen LogP contribution in [0.25, 0.3) is 0 Å². The Labute approximate surface area is 115 Å². The second-order valence-corrected chi connectivity index (χ2v) is 4.68. The van der Waals surface area contributed by atoms with Crippen LogP contribution in [-0.2, 0) is 13.6 Å². The maximum absolute atomic E-state index is 13.6. The minimum absolute atomic E-state index is 0.0378. The number of carbonyl (C=O) groups excluding carboxylic acids is 1. The van der Waals surface area contributed by atoms with Crippen LogP contribution in [0, 0.1) is 5.82 Å². The lowest BCUT2D eigenvalue weighted by Gasteiger charge is -2.17. The first-order chi connectivity index (χ1) is 8.99. The Morgan fingerprint density at radius 2 is 2.26 bits per heavy atom. The van der Waals surface area contributed by atoms with Gasteiger partial charge < -0.3 is 9.47 Å². The van der Waals surface area contributed by atoms with Crippen LogP contribution in [0.2, 0.25) is 5.02 Å². The van der Waals surface area contributed by atoms with E-state index in [9.17, 15) is 9.18 Å². The fourth-order valence-corrected chi connectivity index (χ4v) is 1.87. The molecule has 0 radical (unpaired) electrons. The number of halogens is 2. The lowest BCUT2D eigenvalue weighted by molar-refractivity contribution is 0.0776. The van der Waals surface area contributed by atoms with Gasteiger partial charge in [0.15, 0.2) is 0 Å². The number of aromatic nitrogens is 2. The molecule has 1 aromatic carbocycles. The average molecular weight is 282 g/mol. The van der Waals surface area contributed by atoms with Crippen molar-refractivity contribution in [3.63, 3.8) is 0 Å². The molecule has 100 valence electrons. The van der Waals surface area contributed by atoms with Gasteiger partial charge >= 0.3 is 0 Å². The summed E-state index contributed by atoms with van der Waals surface area (Å²) in [5, 5.41) is 0.329. The first-order valence-electron chi connectivity index (χ1n) is 5.65. The van der Waals surface area contributed by atoms with Crippen molar-refractivity contribution in [2.75, 3.05) is 7.05 Å². The molecular formula is C13H13ClFN3O. The second-order valence-electron chi connectivity index (χ2n) is 4.24. The Morgan fingerprint density at radius 1 is 1.53 bits per heavy atom. The van der Waals surface area contributed by atoms with E-state index in [0.29, 0.717) is 11.6 Å². The number of hydrogen-bond acceptors (Lipinski definition) is 2. The molecule has 0 bridgehead atoms. The van der Waals surface area contributed by atoms with Gasteiger partial charge in [0.25, 0.3) is 5.91 Å². The van der Waals surface area contributed by atoms with Crippen LogP contribution in [0.15, 0.2) is 30.6 Å². The molecule has 6 heteroatoms. The molecule has 2 rings (SSSR count). The predicted molar refractivity (Wildman–Crippen MR) is 70.4 cm³/mol. The van der Waals surface area contributed by atoms with Crippen molar-refractivity contribution < 1.29 is 9.18 Å². The Bertz CT molecular complexity index is 612. The predicted octanol–water partition coefficient (Wildman–Crippen LogP) is 2.48. The van der Waals surface area contributed by atoms with E-state index in [1.807, 2.05) is 7.05 Å². The maximum atomic E-state index is 13.6. The Balaban J connectivity index is 2.19. The van der Waals surface area contributed by atoms with Gasteiger partial charge in [0.05, 0.1) is 12.1 Å². The molecule has 0 saturated carbocycles. The van der Waals surface area contributed by atoms with Gasteiger partial charge in [-0.3, -0.25) is 4.79 Å². The summed E-state index contributed by atoms with van der Waals surface area (Å²) in [5.74, 6) is -0.289. The lowest BCUT2D eigenvalue weighted by atomic mass is 10.2. The summed E-state index contributed by atoms with van der Waals surface area (Å²) in [4.78, 5) is 17.7. The first kappa shape index (κ1) is 13.5. The molecule has 0 aliphatic heterocycles. The van der Waals surface area contributed by atoms with Crippen LogP contribution in [0.5, 0.6) is 0 Å². The molecule has 1 amide bonds. The third-order valence-electron chi connectivity index (χ3n) is 2.81. The summed E-state index contributed by atoms with van der Waals surface area (Å²) in [6.45, 7) is 0.300. The van der Waals surface area contributed by atoms with E-state index in [2.05, 4.69) is 4.98 Å². The van der Waals surface area contributed by atoms with Gasteiger partial charge in [-0.1, -0.05) is 11.6 Å². The van der Waals surface area contributed by atoms with E-state index in [-0.39, 0.29) is 5.56 Å². The minimum Gasteiger partial charge on any atom is -0.337 e. The van der Waals surface area contributed by atoms with E-state index >= 15 is 0 Å². The molecule has 0 fully saturated rings. The number of benzene rings is 1. The van der Waals surface area contributed by atoms with Crippen molar-refractivity contribution in [2.45, 2.75) is 6.54 Å². The zero-order chi connectivity index (χ0) is 14.0. The van der Waals surface area contributed by atoms with Crippen LogP contribution >= 0.6 is 11.6 Å². The Kier molecular flexibility index (Phi) is 3.85. The molecule has 0 aliphatic rings. The molecule has 0 unspecified atom stereocenters. The van der Waals surface area contributed by atoms with Crippen molar-refractivity contribution >= 4 is 17.5 Å². The van der Waals surface area contributed by atoms with E-state index in [0.717, 1.165) is 5.82 Å². The summed E-state index contributed by atoms with van der Waals surface area (Å²) >= 11 is 5.78. The third-order valence-corrected chi connectivity index (χ3v) is 3.04. The Morgan fingerprint density at radius 3 is 2.89 bits per heavy atom. The van der Waals surface area contributed by atoms with Crippen LogP contribution in [0.3, 0.4) is 0 Å². The van der Waals surface area contributed by atoms with Gasteiger partial charge in [-0.25, -0.2) is 9.37 Å². The molecule has 4 nitrogen and oxygen atoms in total. The number of rotatable bonds is 3. The highest BCUT2D eigenvalue weighted by Gasteiger charge is 2.18. The van der Waals surface area contributed by atoms with Crippen LogP contribution in [-0.4, -0.2) is 27.4 Å². The van der Waals surface area contributed by atoms with E-state index in [1.165, 1.54) is 23.1 Å². The van der Waals surface area contributed by atoms with E-state index in [1.54, 1.807) is 24.0 Å². The van der Waals surface area contributed by atoms with Crippen molar-refractivity contribution in [1.82, 2.24) is 14.5 Å². The normalized spacial score (nSPS) is 10.5. The molecule has 0 atom stereocenters. The summed E-state index contributed by atoms with van der Waals surface area (Å²) in [7, 11) is 3.43. The molecule has 1 aromatic heterocycles. The maximum Gasteiger partial charge on any atom is 0.257 e. The van der Waals surface area contributed by atoms with E-state index in [4.69, 9.17) is 11.6 Å². The summed E-state index contributed by atoms with van der Waals surface area (Å²) in [6.07, 6.45) is 3.43. The van der Waals surface area contributed by atoms with Crippen molar-refractivity contribution in [3.8, 4) is 0 Å². The summed E-state index contributed by atoms with van der Waals surface area (Å²) in [5.41, 5.74) is -0.0378. The number of carbonyl (C=O) groups is 1. The summed E-state index contributed by atoms with van der Waals surface area (Å²) in [6, 6.07) is 3.92. The molecule has 2 aromatic rings. The van der Waals surface area contributed by atoms with E-state index < -0.39 is 11.7 Å². The zero-order valence-electron chi connectivity index (χ0n) is 10.6. The van der Waals surface area contributed by atoms with Crippen LogP contribution in [0.1, 0.15) is 16.2 Å². The molecule has 0 spiro atoms. The lowest BCUT2D eigenvalue weighted by Crippen LogP contribution is -2.28. The standard InChI is InChI=1S/C13H13ClFN3O/c1-17-6-5-16-12(17)8-18(2)13(19)10-7-9(14)3-4-11(10)15/h3-7H,8H2,1-2H3. The number of amides is 1. The highest BCUT2D eigenvalue weighted by atomic mass is 35.5. The Hall–Kier alpha value is -1.88. The molecule has 0 saturated heterocycles. The molecule has 19 heavy (non-hydrogen) atoms. The molecule has 1 heterocycles. The number of imidazole rings is 1. The summed E-state index contributed by atoms with van der Waals surface area (Å²) < 4.78 is 15.4. The molecule has 0 aliphatic carbocycles.